The lowest BCUT2D eigenvalue weighted by atomic mass is 10.1. The van der Waals surface area contributed by atoms with Gasteiger partial charge in [-0.2, -0.15) is 0 Å². The molecule has 0 saturated heterocycles. The Morgan fingerprint density at radius 3 is 2.69 bits per heavy atom. The maximum Gasteiger partial charge on any atom is 0.287 e. The summed E-state index contributed by atoms with van der Waals surface area (Å²) in [6.07, 6.45) is 0.625. The number of fused-ring (bicyclic) bond motifs is 2. The normalized spacial score (nSPS) is 12.8. The molecule has 1 aliphatic heterocycles. The van der Waals surface area contributed by atoms with Crippen molar-refractivity contribution in [3.8, 4) is 11.5 Å². The maximum atomic E-state index is 12.3. The van der Waals surface area contributed by atoms with E-state index in [0.29, 0.717) is 37.1 Å². The van der Waals surface area contributed by atoms with Gasteiger partial charge in [-0.15, -0.1) is 0 Å². The summed E-state index contributed by atoms with van der Waals surface area (Å²) in [6.45, 7) is 1.50. The van der Waals surface area contributed by atoms with E-state index in [0.717, 1.165) is 17.1 Å². The third-order valence-electron chi connectivity index (χ3n) is 4.16. The number of rotatable bonds is 4. The van der Waals surface area contributed by atoms with Gasteiger partial charge in [0.05, 0.1) is 5.39 Å². The minimum atomic E-state index is -0.412. The molecule has 3 aromatic rings. The van der Waals surface area contributed by atoms with Crippen molar-refractivity contribution in [2.24, 2.45) is 0 Å². The molecular formula is C20H17NO5. The van der Waals surface area contributed by atoms with Crippen molar-refractivity contribution in [3.63, 3.8) is 0 Å². The maximum absolute atomic E-state index is 12.3. The highest BCUT2D eigenvalue weighted by Crippen LogP contribution is 2.30. The van der Waals surface area contributed by atoms with Gasteiger partial charge in [0.2, 0.25) is 0 Å². The van der Waals surface area contributed by atoms with Gasteiger partial charge in [-0.3, -0.25) is 9.59 Å². The van der Waals surface area contributed by atoms with Gasteiger partial charge in [0, 0.05) is 12.6 Å². The molecule has 6 nitrogen and oxygen atoms in total. The van der Waals surface area contributed by atoms with E-state index < -0.39 is 5.91 Å². The van der Waals surface area contributed by atoms with E-state index in [1.165, 1.54) is 6.07 Å². The van der Waals surface area contributed by atoms with Crippen LogP contribution in [0.5, 0.6) is 11.5 Å². The molecule has 4 rings (SSSR count). The molecule has 2 heterocycles. The number of carbonyl (C=O) groups excluding carboxylic acids is 1. The minimum absolute atomic E-state index is 0.0101. The van der Waals surface area contributed by atoms with Crippen LogP contribution in [0.3, 0.4) is 0 Å². The first-order chi connectivity index (χ1) is 12.7. The van der Waals surface area contributed by atoms with E-state index >= 15 is 0 Å². The van der Waals surface area contributed by atoms with Gasteiger partial charge in [-0.25, -0.2) is 0 Å². The van der Waals surface area contributed by atoms with Gasteiger partial charge < -0.3 is 19.2 Å². The molecule has 2 aromatic carbocycles. The SMILES string of the molecule is O=C(NCCc1ccc2c(c1)OCCO2)c1cc(=O)c2ccccc2o1. The van der Waals surface area contributed by atoms with Crippen molar-refractivity contribution in [2.75, 3.05) is 19.8 Å². The lowest BCUT2D eigenvalue weighted by Gasteiger charge is -2.18. The molecule has 0 bridgehead atoms. The van der Waals surface area contributed by atoms with Crippen molar-refractivity contribution in [1.82, 2.24) is 5.32 Å². The molecule has 6 heteroatoms. The summed E-state index contributed by atoms with van der Waals surface area (Å²) in [5.41, 5.74) is 1.19. The smallest absolute Gasteiger partial charge is 0.287 e. The zero-order chi connectivity index (χ0) is 17.9. The number of nitrogens with one attached hydrogen (secondary N) is 1. The number of hydrogen-bond acceptors (Lipinski definition) is 5. The number of carbonyl (C=O) groups is 1. The molecule has 0 spiro atoms. The summed E-state index contributed by atoms with van der Waals surface area (Å²) in [5.74, 6) is 1.06. The van der Waals surface area contributed by atoms with Crippen LogP contribution in [0.4, 0.5) is 0 Å². The molecule has 0 unspecified atom stereocenters. The second-order valence-electron chi connectivity index (χ2n) is 5.95. The van der Waals surface area contributed by atoms with Crippen LogP contribution in [0.1, 0.15) is 16.1 Å². The van der Waals surface area contributed by atoms with Crippen LogP contribution in [-0.4, -0.2) is 25.7 Å². The van der Waals surface area contributed by atoms with E-state index in [2.05, 4.69) is 5.32 Å². The van der Waals surface area contributed by atoms with Crippen molar-refractivity contribution < 1.29 is 18.7 Å². The summed E-state index contributed by atoms with van der Waals surface area (Å²) in [4.78, 5) is 24.3. The van der Waals surface area contributed by atoms with Gasteiger partial charge in [-0.1, -0.05) is 18.2 Å². The number of benzene rings is 2. The largest absolute Gasteiger partial charge is 0.486 e. The van der Waals surface area contributed by atoms with Crippen LogP contribution >= 0.6 is 0 Å². The first-order valence-corrected chi connectivity index (χ1v) is 8.40. The summed E-state index contributed by atoms with van der Waals surface area (Å²) in [7, 11) is 0. The number of para-hydroxylation sites is 1. The van der Waals surface area contributed by atoms with Crippen LogP contribution in [0.25, 0.3) is 11.0 Å². The standard InChI is InChI=1S/C20H17NO5/c22-15-12-19(26-16-4-2-1-3-14(15)16)20(23)21-8-7-13-5-6-17-18(11-13)25-10-9-24-17/h1-6,11-12H,7-10H2,(H,21,23). The molecule has 26 heavy (non-hydrogen) atoms. The molecule has 1 aromatic heterocycles. The topological polar surface area (TPSA) is 77.8 Å². The van der Waals surface area contributed by atoms with Crippen molar-refractivity contribution in [2.45, 2.75) is 6.42 Å². The van der Waals surface area contributed by atoms with E-state index in [4.69, 9.17) is 13.9 Å². The molecule has 0 saturated carbocycles. The van der Waals surface area contributed by atoms with Crippen molar-refractivity contribution in [1.29, 1.82) is 0 Å². The van der Waals surface area contributed by atoms with Crippen LogP contribution < -0.4 is 20.2 Å². The zero-order valence-electron chi connectivity index (χ0n) is 14.0. The zero-order valence-corrected chi connectivity index (χ0v) is 14.0. The van der Waals surface area contributed by atoms with Crippen LogP contribution in [0.2, 0.25) is 0 Å². The Kier molecular flexibility index (Phi) is 4.31. The van der Waals surface area contributed by atoms with Gasteiger partial charge in [0.15, 0.2) is 22.7 Å². The Morgan fingerprint density at radius 2 is 1.81 bits per heavy atom. The van der Waals surface area contributed by atoms with E-state index in [-0.39, 0.29) is 11.2 Å². The fourth-order valence-corrected chi connectivity index (χ4v) is 2.87. The van der Waals surface area contributed by atoms with Crippen LogP contribution in [0.15, 0.2) is 57.7 Å². The fourth-order valence-electron chi connectivity index (χ4n) is 2.87. The third kappa shape index (κ3) is 3.26. The lowest BCUT2D eigenvalue weighted by molar-refractivity contribution is 0.0927. The summed E-state index contributed by atoms with van der Waals surface area (Å²) >= 11 is 0. The Bertz CT molecular complexity index is 1020. The Labute approximate surface area is 149 Å². The highest BCUT2D eigenvalue weighted by molar-refractivity contribution is 5.93. The average molecular weight is 351 g/mol. The Hall–Kier alpha value is -3.28. The predicted octanol–water partition coefficient (Wildman–Crippen LogP) is 2.54. The second-order valence-corrected chi connectivity index (χ2v) is 5.95. The molecule has 0 atom stereocenters. The first-order valence-electron chi connectivity index (χ1n) is 8.40. The predicted molar refractivity (Wildman–Crippen MR) is 96.0 cm³/mol. The minimum Gasteiger partial charge on any atom is -0.486 e. The first kappa shape index (κ1) is 16.2. The van der Waals surface area contributed by atoms with E-state index in [9.17, 15) is 9.59 Å². The molecule has 1 N–H and O–H groups in total. The monoisotopic (exact) mass is 351 g/mol. The van der Waals surface area contributed by atoms with Gasteiger partial charge in [-0.05, 0) is 36.2 Å². The third-order valence-corrected chi connectivity index (χ3v) is 4.16. The van der Waals surface area contributed by atoms with Crippen molar-refractivity contribution >= 4 is 16.9 Å². The average Bonchev–Trinajstić information content (AvgIpc) is 2.68. The number of hydrogen-bond donors (Lipinski definition) is 1. The van der Waals surface area contributed by atoms with Gasteiger partial charge in [0.1, 0.15) is 18.8 Å². The van der Waals surface area contributed by atoms with E-state index in [1.54, 1.807) is 24.3 Å². The molecule has 0 fully saturated rings. The number of amides is 1. The molecule has 132 valence electrons. The number of ether oxygens (including phenoxy) is 2. The molecule has 1 amide bonds. The van der Waals surface area contributed by atoms with Crippen LogP contribution in [-0.2, 0) is 6.42 Å². The Balaban J connectivity index is 1.42. The molecular weight excluding hydrogens is 334 g/mol. The highest BCUT2D eigenvalue weighted by Gasteiger charge is 2.13. The van der Waals surface area contributed by atoms with Gasteiger partial charge in [0.25, 0.3) is 5.91 Å². The lowest BCUT2D eigenvalue weighted by Crippen LogP contribution is -2.26. The fraction of sp³-hybridized carbons (Fsp3) is 0.200. The van der Waals surface area contributed by atoms with Crippen molar-refractivity contribution in [3.05, 3.63) is 70.1 Å². The molecule has 0 aliphatic carbocycles. The van der Waals surface area contributed by atoms with E-state index in [1.807, 2.05) is 18.2 Å². The van der Waals surface area contributed by atoms with Gasteiger partial charge >= 0.3 is 0 Å². The molecule has 1 aliphatic rings. The summed E-state index contributed by atoms with van der Waals surface area (Å²) < 4.78 is 16.6. The summed E-state index contributed by atoms with van der Waals surface area (Å²) in [6, 6.07) is 13.8. The molecule has 0 radical (unpaired) electrons. The second kappa shape index (κ2) is 6.92. The Morgan fingerprint density at radius 1 is 1.00 bits per heavy atom. The quantitative estimate of drug-likeness (QED) is 0.782. The summed E-state index contributed by atoms with van der Waals surface area (Å²) in [5, 5.41) is 3.23. The van der Waals surface area contributed by atoms with Crippen LogP contribution in [0, 0.1) is 0 Å². The highest BCUT2D eigenvalue weighted by atomic mass is 16.6.